The van der Waals surface area contributed by atoms with Gasteiger partial charge in [0.05, 0.1) is 18.5 Å². The monoisotopic (exact) mass is 300 g/mol. The second-order valence-electron chi connectivity index (χ2n) is 4.20. The van der Waals surface area contributed by atoms with Crippen molar-refractivity contribution in [1.82, 2.24) is 0 Å². The Morgan fingerprint density at radius 3 is 2.55 bits per heavy atom. The third-order valence-corrected chi connectivity index (χ3v) is 3.02. The van der Waals surface area contributed by atoms with E-state index in [4.69, 9.17) is 9.47 Å². The number of ether oxygens (including phenoxy) is 2. The summed E-state index contributed by atoms with van der Waals surface area (Å²) >= 11 is 3.81. The number of phenols is 1. The van der Waals surface area contributed by atoms with E-state index in [9.17, 15) is 15.0 Å². The minimum Gasteiger partial charge on any atom is -0.508 e. The molecule has 5 nitrogen and oxygen atoms in total. The van der Waals surface area contributed by atoms with Crippen LogP contribution in [0, 0.1) is 0 Å². The van der Waals surface area contributed by atoms with Crippen LogP contribution in [0.1, 0.15) is 25.0 Å². The quantitative estimate of drug-likeness (QED) is 0.503. The van der Waals surface area contributed by atoms with Crippen LogP contribution >= 0.6 is 12.6 Å². The number of esters is 1. The molecule has 0 aliphatic heterocycles. The maximum absolute atomic E-state index is 11.0. The molecular formula is C14H20O5S. The number of aliphatic hydroxyl groups is 1. The molecule has 1 rings (SSSR count). The Bertz CT molecular complexity index is 407. The van der Waals surface area contributed by atoms with Gasteiger partial charge in [0.15, 0.2) is 0 Å². The highest BCUT2D eigenvalue weighted by Gasteiger charge is 2.21. The van der Waals surface area contributed by atoms with Crippen molar-refractivity contribution < 1.29 is 24.5 Å². The zero-order chi connectivity index (χ0) is 15.0. The molecule has 0 aliphatic rings. The zero-order valence-electron chi connectivity index (χ0n) is 11.4. The summed E-state index contributed by atoms with van der Waals surface area (Å²) in [6.45, 7) is 2.44. The third kappa shape index (κ3) is 5.40. The Labute approximate surface area is 123 Å². The van der Waals surface area contributed by atoms with E-state index in [1.54, 1.807) is 12.1 Å². The lowest BCUT2D eigenvalue weighted by Gasteiger charge is -2.23. The number of carbonyl (C=O) groups is 1. The minimum atomic E-state index is -0.842. The van der Waals surface area contributed by atoms with Crippen molar-refractivity contribution in [1.29, 1.82) is 0 Å². The number of aromatic hydroxyl groups is 1. The maximum Gasteiger partial charge on any atom is 0.315 e. The molecular weight excluding hydrogens is 280 g/mol. The van der Waals surface area contributed by atoms with Crippen molar-refractivity contribution in [2.75, 3.05) is 19.0 Å². The van der Waals surface area contributed by atoms with Crippen LogP contribution in [0.3, 0.4) is 0 Å². The van der Waals surface area contributed by atoms with Gasteiger partial charge in [-0.15, -0.1) is 0 Å². The molecule has 0 fully saturated rings. The summed E-state index contributed by atoms with van der Waals surface area (Å²) in [6, 6.07) is 6.27. The molecule has 0 saturated heterocycles. The molecule has 0 unspecified atom stereocenters. The highest BCUT2D eigenvalue weighted by atomic mass is 32.1. The molecule has 0 bridgehead atoms. The van der Waals surface area contributed by atoms with Gasteiger partial charge in [0.2, 0.25) is 0 Å². The van der Waals surface area contributed by atoms with Crippen LogP contribution in [-0.4, -0.2) is 41.3 Å². The molecule has 0 saturated carbocycles. The molecule has 0 spiro atoms. The fraction of sp³-hybridized carbons (Fsp3) is 0.500. The predicted molar refractivity (Wildman–Crippen MR) is 77.9 cm³/mol. The molecule has 2 atom stereocenters. The molecule has 2 N–H and O–H groups in total. The van der Waals surface area contributed by atoms with Crippen molar-refractivity contribution in [3.8, 4) is 5.75 Å². The smallest absolute Gasteiger partial charge is 0.315 e. The lowest BCUT2D eigenvalue weighted by atomic mass is 10.0. The van der Waals surface area contributed by atoms with E-state index in [0.29, 0.717) is 18.6 Å². The van der Waals surface area contributed by atoms with Crippen molar-refractivity contribution >= 4 is 18.6 Å². The number of thiol groups is 1. The lowest BCUT2D eigenvalue weighted by molar-refractivity contribution is -0.142. The van der Waals surface area contributed by atoms with Gasteiger partial charge in [-0.05, 0) is 24.6 Å². The largest absolute Gasteiger partial charge is 0.508 e. The number of hydrogen-bond acceptors (Lipinski definition) is 6. The molecule has 0 amide bonds. The Morgan fingerprint density at radius 1 is 1.35 bits per heavy atom. The first-order valence-corrected chi connectivity index (χ1v) is 7.06. The second kappa shape index (κ2) is 8.84. The number of aliphatic hydroxyl groups excluding tert-OH is 1. The van der Waals surface area contributed by atoms with E-state index < -0.39 is 18.2 Å². The van der Waals surface area contributed by atoms with Crippen molar-refractivity contribution in [3.63, 3.8) is 0 Å². The normalized spacial score (nSPS) is 13.8. The Balaban J connectivity index is 2.59. The lowest BCUT2D eigenvalue weighted by Crippen LogP contribution is -2.25. The van der Waals surface area contributed by atoms with Gasteiger partial charge in [-0.25, -0.2) is 0 Å². The number of rotatable bonds is 8. The topological polar surface area (TPSA) is 76.0 Å². The number of carbonyl (C=O) groups excluding carboxylic acids is 1. The van der Waals surface area contributed by atoms with E-state index in [1.807, 2.05) is 6.92 Å². The average molecular weight is 300 g/mol. The molecule has 0 aromatic heterocycles. The van der Waals surface area contributed by atoms with Crippen LogP contribution in [0.4, 0.5) is 0 Å². The van der Waals surface area contributed by atoms with Crippen molar-refractivity contribution in [2.24, 2.45) is 0 Å². The Hall–Kier alpha value is -1.24. The highest BCUT2D eigenvalue weighted by Crippen LogP contribution is 2.23. The van der Waals surface area contributed by atoms with Crippen LogP contribution in [0.25, 0.3) is 0 Å². The average Bonchev–Trinajstić information content (AvgIpc) is 2.46. The predicted octanol–water partition coefficient (Wildman–Crippen LogP) is 1.69. The molecule has 112 valence electrons. The standard InChI is InChI=1S/C14H20O5S/c1-2-18-12(7-8-19-13(16)9-20)14(17)10-3-5-11(15)6-4-10/h3-6,12,14-15,17,20H,2,7-9H2,1H3/t12-,14-/m1/s1. The van der Waals surface area contributed by atoms with Gasteiger partial charge >= 0.3 is 5.97 Å². The Kier molecular flexibility index (Phi) is 7.43. The van der Waals surface area contributed by atoms with E-state index in [2.05, 4.69) is 12.6 Å². The molecule has 1 aromatic carbocycles. The van der Waals surface area contributed by atoms with Gasteiger partial charge in [0, 0.05) is 13.0 Å². The molecule has 1 aromatic rings. The maximum atomic E-state index is 11.0. The van der Waals surface area contributed by atoms with Crippen molar-refractivity contribution in [2.45, 2.75) is 25.6 Å². The summed E-state index contributed by atoms with van der Waals surface area (Å²) in [6.07, 6.45) is -0.933. The van der Waals surface area contributed by atoms with Crippen LogP contribution < -0.4 is 0 Å². The molecule has 0 aliphatic carbocycles. The number of hydrogen-bond donors (Lipinski definition) is 3. The molecule has 20 heavy (non-hydrogen) atoms. The summed E-state index contributed by atoms with van der Waals surface area (Å²) in [5, 5.41) is 19.5. The summed E-state index contributed by atoms with van der Waals surface area (Å²) in [5.41, 5.74) is 0.641. The van der Waals surface area contributed by atoms with Gasteiger partial charge < -0.3 is 19.7 Å². The SMILES string of the molecule is CCO[C@H](CCOC(=O)CS)[C@H](O)c1ccc(O)cc1. The summed E-state index contributed by atoms with van der Waals surface area (Å²) < 4.78 is 10.4. The molecule has 0 radical (unpaired) electrons. The van der Waals surface area contributed by atoms with E-state index in [0.717, 1.165) is 0 Å². The van der Waals surface area contributed by atoms with Gasteiger partial charge in [-0.1, -0.05) is 12.1 Å². The summed E-state index contributed by atoms with van der Waals surface area (Å²) in [7, 11) is 0. The van der Waals surface area contributed by atoms with E-state index in [-0.39, 0.29) is 18.1 Å². The first-order valence-electron chi connectivity index (χ1n) is 6.43. The molecule has 6 heteroatoms. The van der Waals surface area contributed by atoms with Gasteiger partial charge in [0.25, 0.3) is 0 Å². The first-order chi connectivity index (χ1) is 9.58. The van der Waals surface area contributed by atoms with Crippen LogP contribution in [-0.2, 0) is 14.3 Å². The fourth-order valence-electron chi connectivity index (χ4n) is 1.77. The highest BCUT2D eigenvalue weighted by molar-refractivity contribution is 7.81. The van der Waals surface area contributed by atoms with Gasteiger partial charge in [0.1, 0.15) is 11.9 Å². The van der Waals surface area contributed by atoms with E-state index >= 15 is 0 Å². The minimum absolute atomic E-state index is 0.0276. The van der Waals surface area contributed by atoms with Gasteiger partial charge in [-0.3, -0.25) is 4.79 Å². The third-order valence-electron chi connectivity index (χ3n) is 2.76. The van der Waals surface area contributed by atoms with Gasteiger partial charge in [-0.2, -0.15) is 12.6 Å². The second-order valence-corrected chi connectivity index (χ2v) is 4.51. The van der Waals surface area contributed by atoms with Crippen molar-refractivity contribution in [3.05, 3.63) is 29.8 Å². The van der Waals surface area contributed by atoms with Crippen LogP contribution in [0.5, 0.6) is 5.75 Å². The van der Waals surface area contributed by atoms with Crippen LogP contribution in [0.15, 0.2) is 24.3 Å². The summed E-state index contributed by atoms with van der Waals surface area (Å²) in [4.78, 5) is 11.0. The number of benzene rings is 1. The van der Waals surface area contributed by atoms with Crippen LogP contribution in [0.2, 0.25) is 0 Å². The number of phenolic OH excluding ortho intramolecular Hbond substituents is 1. The first kappa shape index (κ1) is 16.8. The summed E-state index contributed by atoms with van der Waals surface area (Å²) in [5.74, 6) is -0.237. The Morgan fingerprint density at radius 2 is 2.00 bits per heavy atom. The zero-order valence-corrected chi connectivity index (χ0v) is 12.3. The van der Waals surface area contributed by atoms with E-state index in [1.165, 1.54) is 12.1 Å². The fourth-order valence-corrected chi connectivity index (χ4v) is 1.86. The molecule has 0 heterocycles.